The lowest BCUT2D eigenvalue weighted by Crippen LogP contribution is -2.05. The summed E-state index contributed by atoms with van der Waals surface area (Å²) < 4.78 is 0. The third-order valence-corrected chi connectivity index (χ3v) is 10.8. The third-order valence-electron chi connectivity index (χ3n) is 10.8. The van der Waals surface area contributed by atoms with Gasteiger partial charge < -0.3 is 0 Å². The van der Waals surface area contributed by atoms with E-state index < -0.39 is 0 Å². The number of aliphatic imine (C=N–C) groups is 4. The minimum atomic E-state index is 0.490. The fraction of sp³-hybridized carbons (Fsp3) is 0.283. The maximum Gasteiger partial charge on any atom is 0.0849 e. The molecule has 0 aliphatic carbocycles. The van der Waals surface area contributed by atoms with Crippen LogP contribution in [0.1, 0.15) is 135 Å². The lowest BCUT2D eigenvalue weighted by Gasteiger charge is -2.13. The second kappa shape index (κ2) is 18.6. The molecule has 0 unspecified atom stereocenters. The van der Waals surface area contributed by atoms with E-state index in [-0.39, 0.29) is 0 Å². The van der Waals surface area contributed by atoms with Gasteiger partial charge in [-0.15, -0.1) is 0 Å². The summed E-state index contributed by atoms with van der Waals surface area (Å²) in [4.78, 5) is 29.8. The Bertz CT molecular complexity index is 2360. The van der Waals surface area contributed by atoms with Crippen molar-refractivity contribution in [3.8, 4) is 0 Å². The molecule has 0 saturated heterocycles. The number of aromatic nitrogens is 2. The normalized spacial score (nSPS) is 12.8. The first-order valence-electron chi connectivity index (χ1n) is 20.7. The Morgan fingerprint density at radius 3 is 1.00 bits per heavy atom. The molecule has 6 aromatic rings. The summed E-state index contributed by atoms with van der Waals surface area (Å²) in [5.41, 5.74) is 20.4. The molecule has 0 atom stereocenters. The number of pyridine rings is 2. The van der Waals surface area contributed by atoms with Crippen LogP contribution in [0.3, 0.4) is 0 Å². The largest absolute Gasteiger partial charge is 0.252 e. The molecule has 59 heavy (non-hydrogen) atoms. The van der Waals surface area contributed by atoms with Crippen molar-refractivity contribution in [3.05, 3.63) is 176 Å². The standard InChI is InChI=1S/C53H58N6/c1-32(2)44-19-23-46(24-20-44)54-38(9)48-15-13-17-50(58-48)40(11)56-52-34(5)27-42(28-35(52)6)31-43-29-36(7)53(37(8)30-43)57-41(12)51-18-14-16-49(59-51)39(10)55-47-25-21-45(22-26-47)33(3)4/h13-30,32-33H,31H2,1-12H3. The Labute approximate surface area is 352 Å². The van der Waals surface area contributed by atoms with Crippen LogP contribution in [0.4, 0.5) is 22.7 Å². The summed E-state index contributed by atoms with van der Waals surface area (Å²) in [6, 6.07) is 38.0. The first kappa shape index (κ1) is 42.5. The van der Waals surface area contributed by atoms with E-state index in [1.54, 1.807) is 0 Å². The maximum absolute atomic E-state index is 5.11. The van der Waals surface area contributed by atoms with Gasteiger partial charge in [0, 0.05) is 0 Å². The first-order chi connectivity index (χ1) is 28.1. The van der Waals surface area contributed by atoms with Gasteiger partial charge in [-0.1, -0.05) is 88.4 Å². The minimum Gasteiger partial charge on any atom is -0.252 e. The van der Waals surface area contributed by atoms with Crippen LogP contribution in [0, 0.1) is 27.7 Å². The van der Waals surface area contributed by atoms with E-state index in [2.05, 4.69) is 128 Å². The Kier molecular flexibility index (Phi) is 13.4. The van der Waals surface area contributed by atoms with E-state index in [4.69, 9.17) is 29.9 Å². The van der Waals surface area contributed by atoms with Crippen LogP contribution >= 0.6 is 0 Å². The van der Waals surface area contributed by atoms with Crippen LogP contribution in [0.5, 0.6) is 0 Å². The van der Waals surface area contributed by atoms with E-state index in [0.29, 0.717) is 11.8 Å². The van der Waals surface area contributed by atoms with Crippen LogP contribution in [0.25, 0.3) is 0 Å². The number of nitrogens with zero attached hydrogens (tertiary/aromatic N) is 6. The SMILES string of the molecule is CC(=Nc1ccc(C(C)C)cc1)c1cccc(C(C)=Nc2c(C)cc(Cc3cc(C)c(N=C(C)c4cccc(C(C)=Nc5ccc(C(C)C)cc5)n4)c(C)c3)cc2C)n1. The predicted molar refractivity (Wildman–Crippen MR) is 252 cm³/mol. The smallest absolute Gasteiger partial charge is 0.0849 e. The molecule has 0 spiro atoms. The first-order valence-corrected chi connectivity index (χ1v) is 20.7. The van der Waals surface area contributed by atoms with Gasteiger partial charge in [0.1, 0.15) is 0 Å². The third kappa shape index (κ3) is 10.7. The number of aryl methyl sites for hydroxylation is 4. The second-order valence-electron chi connectivity index (χ2n) is 16.4. The Hall–Kier alpha value is -6.14. The van der Waals surface area contributed by atoms with Gasteiger partial charge in [-0.05, 0) is 167 Å². The monoisotopic (exact) mass is 778 g/mol. The average molecular weight is 779 g/mol. The lowest BCUT2D eigenvalue weighted by atomic mass is 9.96. The quantitative estimate of drug-likeness (QED) is 0.116. The van der Waals surface area contributed by atoms with E-state index in [9.17, 15) is 0 Å². The Balaban J connectivity index is 1.16. The van der Waals surface area contributed by atoms with Crippen LogP contribution in [0.2, 0.25) is 0 Å². The van der Waals surface area contributed by atoms with Crippen molar-refractivity contribution < 1.29 is 0 Å². The van der Waals surface area contributed by atoms with Crippen LogP contribution in [0.15, 0.2) is 129 Å². The molecule has 0 radical (unpaired) electrons. The van der Waals surface area contributed by atoms with E-state index in [1.807, 2.05) is 64.1 Å². The van der Waals surface area contributed by atoms with Gasteiger partial charge in [0.25, 0.3) is 0 Å². The molecular weight excluding hydrogens is 721 g/mol. The van der Waals surface area contributed by atoms with Crippen LogP contribution in [-0.2, 0) is 6.42 Å². The molecular formula is C53H58N6. The number of rotatable bonds is 12. The van der Waals surface area contributed by atoms with Crippen molar-refractivity contribution >= 4 is 45.6 Å². The molecule has 0 amide bonds. The molecule has 0 bridgehead atoms. The molecule has 300 valence electrons. The van der Waals surface area contributed by atoms with Crippen molar-refractivity contribution in [1.82, 2.24) is 9.97 Å². The molecule has 2 heterocycles. The predicted octanol–water partition coefficient (Wildman–Crippen LogP) is 14.1. The van der Waals surface area contributed by atoms with Crippen LogP contribution < -0.4 is 0 Å². The van der Waals surface area contributed by atoms with Crippen molar-refractivity contribution in [2.75, 3.05) is 0 Å². The van der Waals surface area contributed by atoms with Gasteiger partial charge in [-0.25, -0.2) is 9.97 Å². The van der Waals surface area contributed by atoms with Crippen molar-refractivity contribution in [3.63, 3.8) is 0 Å². The topological polar surface area (TPSA) is 75.2 Å². The highest BCUT2D eigenvalue weighted by molar-refractivity contribution is 6.03. The molecule has 0 N–H and O–H groups in total. The summed E-state index contributed by atoms with van der Waals surface area (Å²) in [6.07, 6.45) is 0.820. The molecule has 6 nitrogen and oxygen atoms in total. The van der Waals surface area contributed by atoms with E-state index >= 15 is 0 Å². The Morgan fingerprint density at radius 1 is 0.424 bits per heavy atom. The summed E-state index contributed by atoms with van der Waals surface area (Å²) in [5.74, 6) is 0.981. The molecule has 6 rings (SSSR count). The number of hydrogen-bond donors (Lipinski definition) is 0. The summed E-state index contributed by atoms with van der Waals surface area (Å²) in [5, 5.41) is 0. The minimum absolute atomic E-state index is 0.490. The maximum atomic E-state index is 5.11. The second-order valence-corrected chi connectivity index (χ2v) is 16.4. The zero-order valence-electron chi connectivity index (χ0n) is 36.9. The lowest BCUT2D eigenvalue weighted by molar-refractivity contribution is 0.867. The fourth-order valence-electron chi connectivity index (χ4n) is 7.38. The van der Waals surface area contributed by atoms with Gasteiger partial charge in [-0.2, -0.15) is 0 Å². The molecule has 0 saturated carbocycles. The highest BCUT2D eigenvalue weighted by atomic mass is 14.8. The molecule has 0 aliphatic heterocycles. The van der Waals surface area contributed by atoms with Crippen molar-refractivity contribution in [2.45, 2.75) is 101 Å². The van der Waals surface area contributed by atoms with Crippen molar-refractivity contribution in [2.24, 2.45) is 20.0 Å². The van der Waals surface area contributed by atoms with Gasteiger partial charge in [0.15, 0.2) is 0 Å². The zero-order chi connectivity index (χ0) is 42.4. The molecule has 6 heteroatoms. The van der Waals surface area contributed by atoms with Crippen LogP contribution in [-0.4, -0.2) is 32.8 Å². The average Bonchev–Trinajstić information content (AvgIpc) is 3.21. The fourth-order valence-corrected chi connectivity index (χ4v) is 7.38. The number of benzene rings is 4. The van der Waals surface area contributed by atoms with Gasteiger partial charge in [-0.3, -0.25) is 20.0 Å². The van der Waals surface area contributed by atoms with Gasteiger partial charge in [0.2, 0.25) is 0 Å². The Morgan fingerprint density at radius 2 is 0.712 bits per heavy atom. The molecule has 4 aromatic carbocycles. The van der Waals surface area contributed by atoms with E-state index in [0.717, 1.165) is 97.0 Å². The van der Waals surface area contributed by atoms with Crippen molar-refractivity contribution in [1.29, 1.82) is 0 Å². The summed E-state index contributed by atoms with van der Waals surface area (Å²) in [6.45, 7) is 25.5. The zero-order valence-corrected chi connectivity index (χ0v) is 36.9. The highest BCUT2D eigenvalue weighted by Gasteiger charge is 2.13. The summed E-state index contributed by atoms with van der Waals surface area (Å²) >= 11 is 0. The van der Waals surface area contributed by atoms with E-state index in [1.165, 1.54) is 22.3 Å². The van der Waals surface area contributed by atoms with Gasteiger partial charge >= 0.3 is 0 Å². The molecule has 0 aliphatic rings. The number of hydrogen-bond acceptors (Lipinski definition) is 6. The molecule has 0 fully saturated rings. The van der Waals surface area contributed by atoms with Gasteiger partial charge in [0.05, 0.1) is 68.4 Å². The molecule has 2 aromatic heterocycles. The highest BCUT2D eigenvalue weighted by Crippen LogP contribution is 2.31. The summed E-state index contributed by atoms with van der Waals surface area (Å²) in [7, 11) is 0.